The van der Waals surface area contributed by atoms with Gasteiger partial charge in [0.25, 0.3) is 5.91 Å². The molecule has 1 amide bonds. The molecule has 0 saturated heterocycles. The number of amides is 1. The molecule has 1 aromatic heterocycles. The van der Waals surface area contributed by atoms with Crippen molar-refractivity contribution in [3.8, 4) is 11.8 Å². The molecule has 0 aliphatic heterocycles. The van der Waals surface area contributed by atoms with E-state index in [1.807, 2.05) is 6.07 Å². The van der Waals surface area contributed by atoms with Crippen molar-refractivity contribution in [1.29, 1.82) is 5.26 Å². The Hall–Kier alpha value is -3.95. The monoisotopic (exact) mass is 638 g/mol. The van der Waals surface area contributed by atoms with Crippen molar-refractivity contribution in [3.05, 3.63) is 112 Å². The Morgan fingerprint density at radius 2 is 1.81 bits per heavy atom. The normalized spacial score (nSPS) is 17.0. The number of anilines is 1. The van der Waals surface area contributed by atoms with E-state index >= 15 is 4.39 Å². The molecule has 0 radical (unpaired) electrons. The molecule has 1 aliphatic carbocycles. The van der Waals surface area contributed by atoms with E-state index in [1.54, 1.807) is 36.4 Å². The lowest BCUT2D eigenvalue weighted by Crippen LogP contribution is -2.25. The Morgan fingerprint density at radius 1 is 1.09 bits per heavy atom. The van der Waals surface area contributed by atoms with E-state index in [4.69, 9.17) is 11.2 Å². The number of rotatable bonds is 9. The summed E-state index contributed by atoms with van der Waals surface area (Å²) in [5.74, 6) is -2.95. The van der Waals surface area contributed by atoms with Gasteiger partial charge in [-0.15, -0.1) is 24.8 Å². The third kappa shape index (κ3) is 7.91. The first-order chi connectivity index (χ1) is 21.2. The predicted octanol–water partition coefficient (Wildman–Crippen LogP) is 6.55. The smallest absolute Gasteiger partial charge is 0.326 e. The molecule has 1 atom stereocenters. The predicted molar refractivity (Wildman–Crippen MR) is 159 cm³/mol. The van der Waals surface area contributed by atoms with Crippen LogP contribution in [0, 0.1) is 23.1 Å². The summed E-state index contributed by atoms with van der Waals surface area (Å²) < 4.78 is 88.4. The molecule has 0 bridgehead atoms. The number of nitrogens with one attached hydrogen (secondary N) is 2. The van der Waals surface area contributed by atoms with Crippen molar-refractivity contribution in [2.45, 2.75) is 31.5 Å². The number of halogens is 6. The Kier molecular flexibility index (Phi) is 9.08. The van der Waals surface area contributed by atoms with Gasteiger partial charge in [0, 0.05) is 18.1 Å². The fourth-order valence-electron chi connectivity index (χ4n) is 4.31. The molecule has 1 saturated carbocycles. The van der Waals surface area contributed by atoms with Crippen LogP contribution in [0.5, 0.6) is 0 Å². The van der Waals surface area contributed by atoms with Gasteiger partial charge in [-0.25, -0.2) is 9.07 Å². The number of aromatic nitrogens is 2. The van der Waals surface area contributed by atoms with E-state index in [-0.39, 0.29) is 49.3 Å². The van der Waals surface area contributed by atoms with Crippen molar-refractivity contribution >= 4 is 36.4 Å². The Bertz CT molecular complexity index is 1800. The molecule has 5 rings (SSSR count). The average Bonchev–Trinajstić information content (AvgIpc) is 3.30. The lowest BCUT2D eigenvalue weighted by molar-refractivity contribution is -0.141. The maximum absolute atomic E-state index is 15.1. The zero-order valence-electron chi connectivity index (χ0n) is 26.2. The minimum absolute atomic E-state index is 0. The number of nitrogens with two attached hydrogens (primary N) is 1. The second-order valence-corrected chi connectivity index (χ2v) is 9.31. The molecule has 1 fully saturated rings. The van der Waals surface area contributed by atoms with E-state index in [0.717, 1.165) is 10.7 Å². The summed E-state index contributed by atoms with van der Waals surface area (Å²) in [4.78, 5) is 13.4. The number of nitrogens with zero attached hydrogens (tertiary/aromatic N) is 3. The van der Waals surface area contributed by atoms with Crippen molar-refractivity contribution in [3.63, 3.8) is 0 Å². The van der Waals surface area contributed by atoms with Gasteiger partial charge in [0.1, 0.15) is 11.5 Å². The number of carbonyl (C=O) groups is 1. The SMILES string of the molecule is Cl.Cl.[2H]C1([2H])C(CN[C@H](c2cccc(C#N)c2)c2ccc(F)c(NC(=O)c3cc(C(F)(F)F)nn3-c3cccc(CN)c3)c2)C1([2H])[2H]. The lowest BCUT2D eigenvalue weighted by atomic mass is 9.96. The van der Waals surface area contributed by atoms with Crippen LogP contribution in [0.3, 0.4) is 0 Å². The van der Waals surface area contributed by atoms with Gasteiger partial charge < -0.3 is 16.4 Å². The molecule has 43 heavy (non-hydrogen) atoms. The molecule has 4 aromatic rings. The fraction of sp³-hybridized carbons (Fsp3) is 0.233. The van der Waals surface area contributed by atoms with Gasteiger partial charge in [-0.3, -0.25) is 4.79 Å². The van der Waals surface area contributed by atoms with E-state index in [1.165, 1.54) is 24.3 Å². The van der Waals surface area contributed by atoms with Gasteiger partial charge in [0.15, 0.2) is 5.69 Å². The molecule has 0 unspecified atom stereocenters. The zero-order valence-corrected chi connectivity index (χ0v) is 23.8. The van der Waals surface area contributed by atoms with Crippen LogP contribution in [0.4, 0.5) is 23.2 Å². The van der Waals surface area contributed by atoms with Gasteiger partial charge >= 0.3 is 6.18 Å². The molecule has 1 aliphatic rings. The summed E-state index contributed by atoms with van der Waals surface area (Å²) in [7, 11) is 0. The minimum atomic E-state index is -4.87. The summed E-state index contributed by atoms with van der Waals surface area (Å²) in [6, 6.07) is 18.0. The van der Waals surface area contributed by atoms with Crippen molar-refractivity contribution in [1.82, 2.24) is 15.1 Å². The Labute approximate surface area is 263 Å². The highest BCUT2D eigenvalue weighted by Gasteiger charge is 2.36. The number of nitriles is 1. The maximum atomic E-state index is 15.1. The first kappa shape index (κ1) is 27.9. The van der Waals surface area contributed by atoms with Gasteiger partial charge in [0.05, 0.1) is 29.0 Å². The van der Waals surface area contributed by atoms with Gasteiger partial charge in [0.2, 0.25) is 0 Å². The minimum Gasteiger partial charge on any atom is -0.326 e. The van der Waals surface area contributed by atoms with Crippen LogP contribution in [0.15, 0.2) is 72.8 Å². The van der Waals surface area contributed by atoms with E-state index in [0.29, 0.717) is 28.3 Å². The first-order valence-corrected chi connectivity index (χ1v) is 12.5. The summed E-state index contributed by atoms with van der Waals surface area (Å²) in [6.07, 6.45) is -9.01. The standard InChI is InChI=1S/C30H26F4N6O.2ClH/c31-24-10-9-22(28(37-17-18-7-8-18)21-5-1-3-19(11-21)15-35)13-25(24)38-29(41)26-14-27(30(32,33)34)39-40(26)23-6-2-4-20(12-23)16-36;;/h1-6,9-14,18,28,37H,7-8,16-17,36H2,(H,38,41);2*1H/t28-;;/m1../s1/i7D2,8D2;;. The highest BCUT2D eigenvalue weighted by atomic mass is 35.5. The number of hydrogen-bond acceptors (Lipinski definition) is 5. The van der Waals surface area contributed by atoms with E-state index < -0.39 is 54.0 Å². The fourth-order valence-corrected chi connectivity index (χ4v) is 4.31. The quantitative estimate of drug-likeness (QED) is 0.180. The number of hydrogen-bond donors (Lipinski definition) is 3. The number of carbonyl (C=O) groups excluding carboxylic acids is 1. The maximum Gasteiger partial charge on any atom is 0.435 e. The summed E-state index contributed by atoms with van der Waals surface area (Å²) >= 11 is 0. The van der Waals surface area contributed by atoms with Crippen LogP contribution in [-0.2, 0) is 12.7 Å². The molecule has 1 heterocycles. The van der Waals surface area contributed by atoms with Crippen LogP contribution in [0.25, 0.3) is 5.69 Å². The van der Waals surface area contributed by atoms with Crippen LogP contribution in [0.1, 0.15) is 62.7 Å². The molecular formula is C30H28Cl2F4N6O. The third-order valence-electron chi connectivity index (χ3n) is 6.42. The highest BCUT2D eigenvalue weighted by molar-refractivity contribution is 6.03. The lowest BCUT2D eigenvalue weighted by Gasteiger charge is -2.21. The van der Waals surface area contributed by atoms with Crippen LogP contribution >= 0.6 is 24.8 Å². The topological polar surface area (TPSA) is 109 Å². The van der Waals surface area contributed by atoms with Crippen molar-refractivity contribution in [2.24, 2.45) is 11.7 Å². The van der Waals surface area contributed by atoms with Gasteiger partial charge in [-0.1, -0.05) is 30.3 Å². The van der Waals surface area contributed by atoms with Gasteiger partial charge in [-0.2, -0.15) is 23.5 Å². The number of benzene rings is 3. The second kappa shape index (κ2) is 14.0. The van der Waals surface area contributed by atoms with Gasteiger partial charge in [-0.05, 0) is 78.3 Å². The van der Waals surface area contributed by atoms with Crippen LogP contribution < -0.4 is 16.4 Å². The largest absolute Gasteiger partial charge is 0.435 e. The number of alkyl halides is 3. The Balaban J connectivity index is 0.00000300. The molecule has 13 heteroatoms. The third-order valence-corrected chi connectivity index (χ3v) is 6.42. The highest BCUT2D eigenvalue weighted by Crippen LogP contribution is 2.33. The van der Waals surface area contributed by atoms with Crippen molar-refractivity contribution in [2.75, 3.05) is 11.9 Å². The van der Waals surface area contributed by atoms with Crippen molar-refractivity contribution < 1.29 is 27.8 Å². The average molecular weight is 640 g/mol. The molecule has 226 valence electrons. The van der Waals surface area contributed by atoms with Crippen LogP contribution in [-0.4, -0.2) is 22.2 Å². The molecule has 4 N–H and O–H groups in total. The molecule has 7 nitrogen and oxygen atoms in total. The van der Waals surface area contributed by atoms with Crippen LogP contribution in [0.2, 0.25) is 0 Å². The zero-order chi connectivity index (χ0) is 32.7. The molecule has 3 aromatic carbocycles. The molecule has 0 spiro atoms. The first-order valence-electron chi connectivity index (χ1n) is 14.5. The Morgan fingerprint density at radius 3 is 2.49 bits per heavy atom. The molecular weight excluding hydrogens is 607 g/mol. The van der Waals surface area contributed by atoms with E-state index in [2.05, 4.69) is 15.7 Å². The summed E-state index contributed by atoms with van der Waals surface area (Å²) in [6.45, 7) is -0.0229. The summed E-state index contributed by atoms with van der Waals surface area (Å²) in [5, 5.41) is 18.4. The summed E-state index contributed by atoms with van der Waals surface area (Å²) in [5.41, 5.74) is 5.34. The second-order valence-electron chi connectivity index (χ2n) is 9.31. The van der Waals surface area contributed by atoms with E-state index in [9.17, 15) is 23.2 Å².